The highest BCUT2D eigenvalue weighted by molar-refractivity contribution is 6.35. The second-order valence-electron chi connectivity index (χ2n) is 5.17. The maximum atomic E-state index is 6.38. The SMILES string of the molecule is Clc1cc(C2CC2)nc2cc3c(cc12)OCCCO3. The molecule has 2 aromatic rings. The molecule has 3 nitrogen and oxygen atoms in total. The van der Waals surface area contributed by atoms with Gasteiger partial charge in [0.1, 0.15) is 0 Å². The number of aromatic nitrogens is 1. The molecule has 4 heteroatoms. The van der Waals surface area contributed by atoms with Crippen LogP contribution >= 0.6 is 11.6 Å². The van der Waals surface area contributed by atoms with Crippen molar-refractivity contribution < 1.29 is 9.47 Å². The minimum atomic E-state index is 0.595. The van der Waals surface area contributed by atoms with Crippen molar-refractivity contribution in [1.29, 1.82) is 0 Å². The highest BCUT2D eigenvalue weighted by atomic mass is 35.5. The zero-order valence-corrected chi connectivity index (χ0v) is 11.2. The number of ether oxygens (including phenoxy) is 2. The van der Waals surface area contributed by atoms with Crippen LogP contribution in [-0.2, 0) is 0 Å². The molecule has 2 aliphatic rings. The molecule has 1 aliphatic heterocycles. The van der Waals surface area contributed by atoms with E-state index in [0.29, 0.717) is 19.1 Å². The van der Waals surface area contributed by atoms with Gasteiger partial charge in [0.2, 0.25) is 0 Å². The molecule has 0 atom stereocenters. The molecule has 1 aliphatic carbocycles. The fourth-order valence-corrected chi connectivity index (χ4v) is 2.71. The van der Waals surface area contributed by atoms with E-state index in [9.17, 15) is 0 Å². The van der Waals surface area contributed by atoms with Crippen LogP contribution in [0.15, 0.2) is 18.2 Å². The van der Waals surface area contributed by atoms with Crippen molar-refractivity contribution >= 4 is 22.5 Å². The van der Waals surface area contributed by atoms with Crippen LogP contribution in [0.3, 0.4) is 0 Å². The summed E-state index contributed by atoms with van der Waals surface area (Å²) in [7, 11) is 0. The second kappa shape index (κ2) is 4.27. The number of hydrogen-bond donors (Lipinski definition) is 0. The largest absolute Gasteiger partial charge is 0.490 e. The van der Waals surface area contributed by atoms with E-state index in [0.717, 1.165) is 39.5 Å². The Kier molecular flexibility index (Phi) is 2.55. The van der Waals surface area contributed by atoms with Gasteiger partial charge in [0.15, 0.2) is 11.5 Å². The molecule has 4 rings (SSSR count). The lowest BCUT2D eigenvalue weighted by Crippen LogP contribution is -1.97. The normalized spacial score (nSPS) is 18.4. The highest BCUT2D eigenvalue weighted by Gasteiger charge is 2.26. The number of pyridine rings is 1. The molecular formula is C15H14ClNO2. The Balaban J connectivity index is 1.90. The van der Waals surface area contributed by atoms with Gasteiger partial charge < -0.3 is 9.47 Å². The molecule has 0 N–H and O–H groups in total. The molecule has 0 unspecified atom stereocenters. The zero-order valence-electron chi connectivity index (χ0n) is 10.5. The van der Waals surface area contributed by atoms with E-state index < -0.39 is 0 Å². The standard InChI is InChI=1S/C15H14ClNO2/c16-11-7-12(9-2-3-9)17-13-8-15-14(6-10(11)13)18-4-1-5-19-15/h6-9H,1-5H2. The van der Waals surface area contributed by atoms with Gasteiger partial charge in [-0.1, -0.05) is 11.6 Å². The van der Waals surface area contributed by atoms with Gasteiger partial charge in [-0.3, -0.25) is 4.98 Å². The van der Waals surface area contributed by atoms with Crippen molar-refractivity contribution in [3.8, 4) is 11.5 Å². The van der Waals surface area contributed by atoms with Crippen LogP contribution in [0.1, 0.15) is 30.9 Å². The van der Waals surface area contributed by atoms with Crippen LogP contribution in [0.2, 0.25) is 5.02 Å². The number of benzene rings is 1. The minimum absolute atomic E-state index is 0.595. The third-order valence-corrected chi connectivity index (χ3v) is 3.96. The summed E-state index contributed by atoms with van der Waals surface area (Å²) in [6, 6.07) is 5.89. The number of hydrogen-bond acceptors (Lipinski definition) is 3. The fourth-order valence-electron chi connectivity index (χ4n) is 2.45. The van der Waals surface area contributed by atoms with Gasteiger partial charge >= 0.3 is 0 Å². The number of rotatable bonds is 1. The fraction of sp³-hybridized carbons (Fsp3) is 0.400. The highest BCUT2D eigenvalue weighted by Crippen LogP contribution is 2.42. The lowest BCUT2D eigenvalue weighted by atomic mass is 10.1. The predicted octanol–water partition coefficient (Wildman–Crippen LogP) is 3.93. The van der Waals surface area contributed by atoms with E-state index in [1.165, 1.54) is 12.8 Å². The molecule has 98 valence electrons. The van der Waals surface area contributed by atoms with Gasteiger partial charge in [0.25, 0.3) is 0 Å². The summed E-state index contributed by atoms with van der Waals surface area (Å²) in [6.07, 6.45) is 3.35. The van der Waals surface area contributed by atoms with E-state index in [4.69, 9.17) is 26.1 Å². The lowest BCUT2D eigenvalue weighted by molar-refractivity contribution is 0.297. The maximum absolute atomic E-state index is 6.38. The van der Waals surface area contributed by atoms with Crippen LogP contribution in [-0.4, -0.2) is 18.2 Å². The summed E-state index contributed by atoms with van der Waals surface area (Å²) in [4.78, 5) is 4.72. The Morgan fingerprint density at radius 3 is 2.53 bits per heavy atom. The molecule has 0 saturated heterocycles. The van der Waals surface area contributed by atoms with Gasteiger partial charge in [0, 0.05) is 29.5 Å². The summed E-state index contributed by atoms with van der Waals surface area (Å²) in [6.45, 7) is 1.37. The average Bonchev–Trinajstić information content (AvgIpc) is 3.23. The Hall–Kier alpha value is -1.48. The molecule has 0 bridgehead atoms. The summed E-state index contributed by atoms with van der Waals surface area (Å²) in [5.41, 5.74) is 2.01. The molecular weight excluding hydrogens is 262 g/mol. The first kappa shape index (κ1) is 11.4. The van der Waals surface area contributed by atoms with Crippen LogP contribution in [0.4, 0.5) is 0 Å². The first-order valence-electron chi connectivity index (χ1n) is 6.71. The van der Waals surface area contributed by atoms with E-state index in [1.54, 1.807) is 0 Å². The van der Waals surface area contributed by atoms with Gasteiger partial charge in [0.05, 0.1) is 23.8 Å². The maximum Gasteiger partial charge on any atom is 0.163 e. The summed E-state index contributed by atoms with van der Waals surface area (Å²) >= 11 is 6.38. The van der Waals surface area contributed by atoms with E-state index in [1.807, 2.05) is 18.2 Å². The van der Waals surface area contributed by atoms with Crippen molar-refractivity contribution in [2.75, 3.05) is 13.2 Å². The van der Waals surface area contributed by atoms with Crippen LogP contribution in [0, 0.1) is 0 Å². The van der Waals surface area contributed by atoms with Crippen molar-refractivity contribution in [1.82, 2.24) is 4.98 Å². The molecule has 1 saturated carbocycles. The van der Waals surface area contributed by atoms with Crippen molar-refractivity contribution in [2.45, 2.75) is 25.2 Å². The smallest absolute Gasteiger partial charge is 0.163 e. The average molecular weight is 276 g/mol. The summed E-state index contributed by atoms with van der Waals surface area (Å²) in [5, 5.41) is 1.69. The Bertz CT molecular complexity index is 652. The van der Waals surface area contributed by atoms with Gasteiger partial charge in [-0.05, 0) is 25.0 Å². The van der Waals surface area contributed by atoms with Crippen LogP contribution in [0.5, 0.6) is 11.5 Å². The van der Waals surface area contributed by atoms with Crippen molar-refractivity contribution in [3.05, 3.63) is 28.9 Å². The number of halogens is 1. The molecule has 0 amide bonds. The number of nitrogens with zero attached hydrogens (tertiary/aromatic N) is 1. The van der Waals surface area contributed by atoms with E-state index in [2.05, 4.69) is 0 Å². The van der Waals surface area contributed by atoms with Crippen LogP contribution < -0.4 is 9.47 Å². The summed E-state index contributed by atoms with van der Waals surface area (Å²) in [5.74, 6) is 2.15. The molecule has 1 aromatic heterocycles. The van der Waals surface area contributed by atoms with Crippen LogP contribution in [0.25, 0.3) is 10.9 Å². The monoisotopic (exact) mass is 275 g/mol. The van der Waals surface area contributed by atoms with Gasteiger partial charge in [-0.2, -0.15) is 0 Å². The van der Waals surface area contributed by atoms with E-state index in [-0.39, 0.29) is 0 Å². The minimum Gasteiger partial charge on any atom is -0.490 e. The van der Waals surface area contributed by atoms with Gasteiger partial charge in [-0.25, -0.2) is 0 Å². The van der Waals surface area contributed by atoms with Gasteiger partial charge in [-0.15, -0.1) is 0 Å². The van der Waals surface area contributed by atoms with Crippen molar-refractivity contribution in [3.63, 3.8) is 0 Å². The molecule has 0 radical (unpaired) electrons. The quantitative estimate of drug-likeness (QED) is 0.790. The molecule has 0 spiro atoms. The first-order valence-corrected chi connectivity index (χ1v) is 7.09. The lowest BCUT2D eigenvalue weighted by Gasteiger charge is -2.10. The molecule has 19 heavy (non-hydrogen) atoms. The Morgan fingerprint density at radius 1 is 1.05 bits per heavy atom. The topological polar surface area (TPSA) is 31.4 Å². The second-order valence-corrected chi connectivity index (χ2v) is 5.58. The number of fused-ring (bicyclic) bond motifs is 2. The third kappa shape index (κ3) is 2.02. The first-order chi connectivity index (χ1) is 9.31. The Morgan fingerprint density at radius 2 is 1.79 bits per heavy atom. The molecule has 2 heterocycles. The predicted molar refractivity (Wildman–Crippen MR) is 74.3 cm³/mol. The van der Waals surface area contributed by atoms with E-state index >= 15 is 0 Å². The zero-order chi connectivity index (χ0) is 12.8. The molecule has 1 aromatic carbocycles. The van der Waals surface area contributed by atoms with Crippen molar-refractivity contribution in [2.24, 2.45) is 0 Å². The summed E-state index contributed by atoms with van der Waals surface area (Å²) < 4.78 is 11.4. The molecule has 1 fully saturated rings. The Labute approximate surface area is 116 Å². The third-order valence-electron chi connectivity index (χ3n) is 3.64.